The number of phenolic OH excluding ortho intramolecular Hbond substituents is 1. The van der Waals surface area contributed by atoms with Crippen molar-refractivity contribution in [1.29, 1.82) is 5.41 Å². The summed E-state index contributed by atoms with van der Waals surface area (Å²) in [4.78, 5) is 14.2. The minimum Gasteiger partial charge on any atom is -0.509 e. The van der Waals surface area contributed by atoms with Crippen LogP contribution >= 0.6 is 0 Å². The zero-order valence-electron chi connectivity index (χ0n) is 17.7. The van der Waals surface area contributed by atoms with Crippen LogP contribution in [0.25, 0.3) is 16.6 Å². The van der Waals surface area contributed by atoms with Crippen molar-refractivity contribution in [2.24, 2.45) is 0 Å². The topological polar surface area (TPSA) is 103 Å². The van der Waals surface area contributed by atoms with Gasteiger partial charge in [-0.1, -0.05) is 6.07 Å². The number of fused-ring (bicyclic) bond motifs is 1. The average molecular weight is 419 g/mol. The third-order valence-corrected chi connectivity index (χ3v) is 6.10. The maximum atomic E-state index is 10.7. The number of nitrogens with one attached hydrogen (secondary N) is 2. The Balaban J connectivity index is 1.45. The first kappa shape index (κ1) is 19.4. The number of phenols is 1. The van der Waals surface area contributed by atoms with Gasteiger partial charge in [-0.15, -0.1) is 0 Å². The summed E-state index contributed by atoms with van der Waals surface area (Å²) in [6.45, 7) is 6.07. The molecule has 2 aliphatic heterocycles. The van der Waals surface area contributed by atoms with Gasteiger partial charge in [0.15, 0.2) is 0 Å². The van der Waals surface area contributed by atoms with Crippen LogP contribution in [0.3, 0.4) is 0 Å². The number of aromatic nitrogens is 2. The minimum atomic E-state index is 0.0595. The van der Waals surface area contributed by atoms with Crippen molar-refractivity contribution in [3.8, 4) is 5.75 Å². The number of imidazole rings is 1. The highest BCUT2D eigenvalue weighted by molar-refractivity contribution is 6.30. The van der Waals surface area contributed by atoms with E-state index in [4.69, 9.17) is 5.41 Å². The average Bonchev–Trinajstić information content (AvgIpc) is 3.29. The number of aryl methyl sites for hydroxylation is 1. The van der Waals surface area contributed by atoms with Gasteiger partial charge < -0.3 is 29.9 Å². The number of aliphatic hydroxyl groups is 1. The third kappa shape index (κ3) is 3.38. The van der Waals surface area contributed by atoms with Gasteiger partial charge in [0.2, 0.25) is 0 Å². The molecule has 0 amide bonds. The molecule has 8 nitrogen and oxygen atoms in total. The molecular formula is C23H26N6O2. The molecule has 0 radical (unpaired) electrons. The summed E-state index contributed by atoms with van der Waals surface area (Å²) in [5, 5.41) is 29.6. The van der Waals surface area contributed by atoms with Crippen molar-refractivity contribution in [3.05, 3.63) is 53.5 Å². The van der Waals surface area contributed by atoms with Crippen molar-refractivity contribution in [3.63, 3.8) is 0 Å². The summed E-state index contributed by atoms with van der Waals surface area (Å²) in [5.74, 6) is 0.703. The van der Waals surface area contributed by atoms with Crippen LogP contribution in [0.15, 0.2) is 42.2 Å². The van der Waals surface area contributed by atoms with Crippen LogP contribution in [0.5, 0.6) is 5.75 Å². The Bertz CT molecular complexity index is 1210. The van der Waals surface area contributed by atoms with E-state index in [0.717, 1.165) is 48.5 Å². The van der Waals surface area contributed by atoms with E-state index in [9.17, 15) is 10.2 Å². The molecule has 2 aromatic carbocycles. The Morgan fingerprint density at radius 2 is 1.81 bits per heavy atom. The zero-order chi connectivity index (χ0) is 21.7. The molecule has 0 atom stereocenters. The lowest BCUT2D eigenvalue weighted by Crippen LogP contribution is -2.44. The van der Waals surface area contributed by atoms with Gasteiger partial charge in [-0.25, -0.2) is 4.98 Å². The number of likely N-dealkylation sites (N-methyl/N-ethyl adjacent to an activating group) is 1. The van der Waals surface area contributed by atoms with Gasteiger partial charge in [0.05, 0.1) is 28.8 Å². The number of anilines is 2. The molecule has 3 heterocycles. The zero-order valence-corrected chi connectivity index (χ0v) is 17.7. The first-order valence-corrected chi connectivity index (χ1v) is 10.4. The lowest BCUT2D eigenvalue weighted by atomic mass is 10.2. The first-order valence-electron chi connectivity index (χ1n) is 10.4. The third-order valence-electron chi connectivity index (χ3n) is 6.10. The molecule has 31 heavy (non-hydrogen) atoms. The number of H-pyrrole nitrogens is 1. The molecule has 0 unspecified atom stereocenters. The summed E-state index contributed by atoms with van der Waals surface area (Å²) in [7, 11) is 2.14. The van der Waals surface area contributed by atoms with E-state index in [-0.39, 0.29) is 23.9 Å². The van der Waals surface area contributed by atoms with Gasteiger partial charge in [0, 0.05) is 31.9 Å². The Hall–Kier alpha value is -3.52. The largest absolute Gasteiger partial charge is 0.509 e. The first-order chi connectivity index (χ1) is 14.9. The Morgan fingerprint density at radius 3 is 2.58 bits per heavy atom. The minimum absolute atomic E-state index is 0.0595. The molecule has 1 aromatic heterocycles. The molecule has 0 saturated carbocycles. The lowest BCUT2D eigenvalue weighted by molar-refractivity contribution is 0.313. The van der Waals surface area contributed by atoms with E-state index in [0.29, 0.717) is 17.1 Å². The Labute approximate surface area is 180 Å². The van der Waals surface area contributed by atoms with E-state index >= 15 is 0 Å². The summed E-state index contributed by atoms with van der Waals surface area (Å²) in [6, 6.07) is 11.4. The standard InChI is InChI=1S/C23H26N6O2/c1-14-3-6-19(30)18(11-14)29-13-20(31)21(22(29)24)23-25-16-5-4-15(12-17(16)26-23)28-9-7-27(2)8-10-28/h3-6,11-12,24,30-31H,7-10,13H2,1-2H3,(H,25,26). The molecule has 0 bridgehead atoms. The van der Waals surface area contributed by atoms with Crippen LogP contribution in [0.2, 0.25) is 0 Å². The summed E-state index contributed by atoms with van der Waals surface area (Å²) in [6.07, 6.45) is 0. The summed E-state index contributed by atoms with van der Waals surface area (Å²) >= 11 is 0. The Kier molecular flexibility index (Phi) is 4.59. The highest BCUT2D eigenvalue weighted by Crippen LogP contribution is 2.36. The number of aromatic hydroxyl groups is 1. The highest BCUT2D eigenvalue weighted by Gasteiger charge is 2.32. The van der Waals surface area contributed by atoms with E-state index < -0.39 is 0 Å². The van der Waals surface area contributed by atoms with Gasteiger partial charge in [0.25, 0.3) is 0 Å². The summed E-state index contributed by atoms with van der Waals surface area (Å²) in [5.41, 5.74) is 4.63. The van der Waals surface area contributed by atoms with Crippen molar-refractivity contribution in [1.82, 2.24) is 14.9 Å². The number of aliphatic hydroxyl groups excluding tert-OH is 1. The second-order valence-electron chi connectivity index (χ2n) is 8.33. The Morgan fingerprint density at radius 1 is 1.03 bits per heavy atom. The molecule has 5 rings (SSSR count). The van der Waals surface area contributed by atoms with E-state index in [2.05, 4.69) is 38.9 Å². The molecule has 8 heteroatoms. The number of benzene rings is 2. The number of piperazine rings is 1. The van der Waals surface area contributed by atoms with E-state index in [1.165, 1.54) is 0 Å². The second-order valence-corrected chi connectivity index (χ2v) is 8.33. The monoisotopic (exact) mass is 418 g/mol. The maximum absolute atomic E-state index is 10.7. The molecule has 1 saturated heterocycles. The van der Waals surface area contributed by atoms with Crippen molar-refractivity contribution < 1.29 is 10.2 Å². The molecule has 0 spiro atoms. The number of hydrogen-bond acceptors (Lipinski definition) is 6. The SMILES string of the molecule is Cc1ccc(O)c(N2CC(O)=C(c3nc4ccc(N5CCN(C)CC5)cc4[nH]3)C2=N)c1. The van der Waals surface area contributed by atoms with Crippen LogP contribution in [0.1, 0.15) is 11.4 Å². The van der Waals surface area contributed by atoms with Crippen molar-refractivity contribution in [2.75, 3.05) is 49.6 Å². The number of rotatable bonds is 3. The van der Waals surface area contributed by atoms with Gasteiger partial charge in [-0.3, -0.25) is 5.41 Å². The van der Waals surface area contributed by atoms with Gasteiger partial charge >= 0.3 is 0 Å². The fourth-order valence-electron chi connectivity index (χ4n) is 4.26. The molecule has 1 fully saturated rings. The van der Waals surface area contributed by atoms with Crippen LogP contribution in [-0.4, -0.2) is 70.7 Å². The molecule has 0 aliphatic carbocycles. The molecule has 4 N–H and O–H groups in total. The highest BCUT2D eigenvalue weighted by atomic mass is 16.3. The predicted octanol–water partition coefficient (Wildman–Crippen LogP) is 3.10. The van der Waals surface area contributed by atoms with Crippen LogP contribution in [0, 0.1) is 12.3 Å². The van der Waals surface area contributed by atoms with Crippen LogP contribution in [-0.2, 0) is 0 Å². The lowest BCUT2D eigenvalue weighted by Gasteiger charge is -2.34. The van der Waals surface area contributed by atoms with Crippen molar-refractivity contribution >= 4 is 33.8 Å². The molecule has 2 aliphatic rings. The number of aromatic amines is 1. The fourth-order valence-corrected chi connectivity index (χ4v) is 4.26. The fraction of sp³-hybridized carbons (Fsp3) is 0.304. The molecule has 3 aromatic rings. The predicted molar refractivity (Wildman–Crippen MR) is 123 cm³/mol. The van der Waals surface area contributed by atoms with E-state index in [1.54, 1.807) is 17.0 Å². The molecule has 160 valence electrons. The van der Waals surface area contributed by atoms with Crippen LogP contribution < -0.4 is 9.80 Å². The number of amidine groups is 1. The molecular weight excluding hydrogens is 392 g/mol. The number of nitrogens with zero attached hydrogens (tertiary/aromatic N) is 4. The van der Waals surface area contributed by atoms with Crippen LogP contribution in [0.4, 0.5) is 11.4 Å². The quantitative estimate of drug-likeness (QED) is 0.521. The van der Waals surface area contributed by atoms with Gasteiger partial charge in [-0.2, -0.15) is 0 Å². The summed E-state index contributed by atoms with van der Waals surface area (Å²) < 4.78 is 0. The van der Waals surface area contributed by atoms with Crippen molar-refractivity contribution in [2.45, 2.75) is 6.92 Å². The van der Waals surface area contributed by atoms with Gasteiger partial charge in [0.1, 0.15) is 23.2 Å². The maximum Gasteiger partial charge on any atom is 0.145 e. The normalized spacial score (nSPS) is 17.9. The van der Waals surface area contributed by atoms with Gasteiger partial charge in [-0.05, 0) is 49.9 Å². The number of hydrogen-bond donors (Lipinski definition) is 4. The van der Waals surface area contributed by atoms with E-state index in [1.807, 2.05) is 19.1 Å². The smallest absolute Gasteiger partial charge is 0.145 e. The second kappa shape index (κ2) is 7.31.